The lowest BCUT2D eigenvalue weighted by Gasteiger charge is -2.25. The average molecular weight is 269 g/mol. The summed E-state index contributed by atoms with van der Waals surface area (Å²) in [6, 6.07) is 0. The largest absolute Gasteiger partial charge is 0.369 e. The SMILES string of the molecule is CCC(C)(C)CNc1nc(Cl)nc2c1CNCC2. The van der Waals surface area contributed by atoms with Crippen LogP contribution in [0.5, 0.6) is 0 Å². The van der Waals surface area contributed by atoms with Gasteiger partial charge in [-0.2, -0.15) is 0 Å². The molecule has 18 heavy (non-hydrogen) atoms. The normalized spacial score (nSPS) is 15.3. The van der Waals surface area contributed by atoms with Crippen LogP contribution in [0.1, 0.15) is 38.4 Å². The van der Waals surface area contributed by atoms with Gasteiger partial charge in [0.2, 0.25) is 5.28 Å². The highest BCUT2D eigenvalue weighted by Gasteiger charge is 2.20. The minimum absolute atomic E-state index is 0.256. The van der Waals surface area contributed by atoms with E-state index in [0.717, 1.165) is 49.6 Å². The molecule has 0 aliphatic carbocycles. The van der Waals surface area contributed by atoms with Gasteiger partial charge in [0.25, 0.3) is 0 Å². The molecule has 4 nitrogen and oxygen atoms in total. The Morgan fingerprint density at radius 3 is 2.89 bits per heavy atom. The summed E-state index contributed by atoms with van der Waals surface area (Å²) in [5.41, 5.74) is 2.50. The number of hydrogen-bond donors (Lipinski definition) is 2. The van der Waals surface area contributed by atoms with Crippen LogP contribution in [0.4, 0.5) is 5.82 Å². The number of halogens is 1. The smallest absolute Gasteiger partial charge is 0.224 e. The lowest BCUT2D eigenvalue weighted by molar-refractivity contribution is 0.376. The van der Waals surface area contributed by atoms with E-state index in [1.807, 2.05) is 0 Å². The minimum atomic E-state index is 0.256. The summed E-state index contributed by atoms with van der Waals surface area (Å²) in [7, 11) is 0. The molecule has 0 unspecified atom stereocenters. The molecule has 100 valence electrons. The molecule has 1 aliphatic rings. The van der Waals surface area contributed by atoms with Gasteiger partial charge in [0, 0.05) is 31.6 Å². The second kappa shape index (κ2) is 5.41. The van der Waals surface area contributed by atoms with Crippen LogP contribution >= 0.6 is 11.6 Å². The number of anilines is 1. The Bertz CT molecular complexity index is 431. The van der Waals surface area contributed by atoms with Gasteiger partial charge in [0.15, 0.2) is 0 Å². The van der Waals surface area contributed by atoms with Crippen molar-refractivity contribution in [2.75, 3.05) is 18.4 Å². The molecule has 1 aliphatic heterocycles. The van der Waals surface area contributed by atoms with Crippen LogP contribution in [0.2, 0.25) is 5.28 Å². The number of rotatable bonds is 4. The van der Waals surface area contributed by atoms with Gasteiger partial charge in [-0.15, -0.1) is 0 Å². The molecule has 2 rings (SSSR count). The second-order valence-electron chi connectivity index (χ2n) is 5.56. The third-order valence-corrected chi connectivity index (χ3v) is 3.77. The molecule has 0 spiro atoms. The van der Waals surface area contributed by atoms with Gasteiger partial charge in [0.05, 0.1) is 5.69 Å². The van der Waals surface area contributed by atoms with Crippen LogP contribution in [0.25, 0.3) is 0 Å². The maximum absolute atomic E-state index is 5.98. The Morgan fingerprint density at radius 1 is 1.39 bits per heavy atom. The topological polar surface area (TPSA) is 49.8 Å². The predicted molar refractivity (Wildman–Crippen MR) is 75.0 cm³/mol. The molecular weight excluding hydrogens is 248 g/mol. The fourth-order valence-electron chi connectivity index (χ4n) is 1.91. The number of aromatic nitrogens is 2. The first-order valence-corrected chi connectivity index (χ1v) is 6.89. The van der Waals surface area contributed by atoms with Crippen molar-refractivity contribution in [1.29, 1.82) is 0 Å². The van der Waals surface area contributed by atoms with E-state index in [1.54, 1.807) is 0 Å². The molecule has 1 aromatic heterocycles. The molecule has 0 aromatic carbocycles. The van der Waals surface area contributed by atoms with Gasteiger partial charge in [-0.3, -0.25) is 0 Å². The fourth-order valence-corrected chi connectivity index (χ4v) is 2.09. The van der Waals surface area contributed by atoms with E-state index in [0.29, 0.717) is 5.28 Å². The molecule has 0 fully saturated rings. The molecule has 0 saturated heterocycles. The van der Waals surface area contributed by atoms with Crippen molar-refractivity contribution in [3.05, 3.63) is 16.5 Å². The zero-order chi connectivity index (χ0) is 13.2. The Hall–Kier alpha value is -0.870. The van der Waals surface area contributed by atoms with Crippen molar-refractivity contribution < 1.29 is 0 Å². The molecule has 0 amide bonds. The number of fused-ring (bicyclic) bond motifs is 1. The minimum Gasteiger partial charge on any atom is -0.369 e. The third-order valence-electron chi connectivity index (χ3n) is 3.60. The van der Waals surface area contributed by atoms with Gasteiger partial charge >= 0.3 is 0 Å². The van der Waals surface area contributed by atoms with Crippen molar-refractivity contribution in [1.82, 2.24) is 15.3 Å². The highest BCUT2D eigenvalue weighted by atomic mass is 35.5. The summed E-state index contributed by atoms with van der Waals surface area (Å²) in [5, 5.41) is 7.12. The zero-order valence-corrected chi connectivity index (χ0v) is 12.1. The highest BCUT2D eigenvalue weighted by molar-refractivity contribution is 6.28. The molecular formula is C13H21ClN4. The van der Waals surface area contributed by atoms with E-state index in [2.05, 4.69) is 41.4 Å². The van der Waals surface area contributed by atoms with Crippen molar-refractivity contribution >= 4 is 17.4 Å². The van der Waals surface area contributed by atoms with Gasteiger partial charge in [-0.25, -0.2) is 9.97 Å². The number of nitrogens with zero attached hydrogens (tertiary/aromatic N) is 2. The third kappa shape index (κ3) is 3.12. The quantitative estimate of drug-likeness (QED) is 0.825. The summed E-state index contributed by atoms with van der Waals surface area (Å²) in [6.07, 6.45) is 2.04. The van der Waals surface area contributed by atoms with Crippen LogP contribution in [-0.4, -0.2) is 23.1 Å². The fraction of sp³-hybridized carbons (Fsp3) is 0.692. The summed E-state index contributed by atoms with van der Waals surface area (Å²) in [5.74, 6) is 0.888. The Morgan fingerprint density at radius 2 is 2.17 bits per heavy atom. The van der Waals surface area contributed by atoms with Crippen molar-refractivity contribution in [3.63, 3.8) is 0 Å². The van der Waals surface area contributed by atoms with Gasteiger partial charge in [-0.05, 0) is 23.4 Å². The van der Waals surface area contributed by atoms with Crippen LogP contribution in [0, 0.1) is 5.41 Å². The van der Waals surface area contributed by atoms with Gasteiger partial charge in [-0.1, -0.05) is 20.8 Å². The van der Waals surface area contributed by atoms with E-state index >= 15 is 0 Å². The molecule has 5 heteroatoms. The molecule has 0 saturated carbocycles. The second-order valence-corrected chi connectivity index (χ2v) is 5.90. The number of nitrogens with one attached hydrogen (secondary N) is 2. The summed E-state index contributed by atoms with van der Waals surface area (Å²) < 4.78 is 0. The first-order chi connectivity index (χ1) is 8.52. The van der Waals surface area contributed by atoms with Gasteiger partial charge < -0.3 is 10.6 Å². The average Bonchev–Trinajstić information content (AvgIpc) is 2.36. The van der Waals surface area contributed by atoms with E-state index in [9.17, 15) is 0 Å². The van der Waals surface area contributed by atoms with E-state index in [4.69, 9.17) is 11.6 Å². The Labute approximate surface area is 114 Å². The van der Waals surface area contributed by atoms with Crippen molar-refractivity contribution in [2.45, 2.75) is 40.2 Å². The van der Waals surface area contributed by atoms with E-state index < -0.39 is 0 Å². The first-order valence-electron chi connectivity index (χ1n) is 6.52. The first kappa shape index (κ1) is 13.6. The summed E-state index contributed by atoms with van der Waals surface area (Å²) >= 11 is 5.98. The zero-order valence-electron chi connectivity index (χ0n) is 11.3. The monoisotopic (exact) mass is 268 g/mol. The van der Waals surface area contributed by atoms with E-state index in [-0.39, 0.29) is 5.41 Å². The maximum Gasteiger partial charge on any atom is 0.224 e. The molecule has 2 heterocycles. The summed E-state index contributed by atoms with van der Waals surface area (Å²) in [6.45, 7) is 9.36. The Balaban J connectivity index is 2.19. The van der Waals surface area contributed by atoms with Gasteiger partial charge in [0.1, 0.15) is 5.82 Å². The van der Waals surface area contributed by atoms with E-state index in [1.165, 1.54) is 0 Å². The lowest BCUT2D eigenvalue weighted by Crippen LogP contribution is -2.28. The number of hydrogen-bond acceptors (Lipinski definition) is 4. The van der Waals surface area contributed by atoms with Crippen molar-refractivity contribution in [3.8, 4) is 0 Å². The Kier molecular flexibility index (Phi) is 4.07. The van der Waals surface area contributed by atoms with Crippen LogP contribution in [0.3, 0.4) is 0 Å². The highest BCUT2D eigenvalue weighted by Crippen LogP contribution is 2.25. The van der Waals surface area contributed by atoms with Crippen LogP contribution < -0.4 is 10.6 Å². The maximum atomic E-state index is 5.98. The predicted octanol–water partition coefficient (Wildman–Crippen LogP) is 2.62. The lowest BCUT2D eigenvalue weighted by atomic mass is 9.90. The molecule has 0 bridgehead atoms. The van der Waals surface area contributed by atoms with Crippen LogP contribution in [0.15, 0.2) is 0 Å². The molecule has 1 aromatic rings. The molecule has 0 atom stereocenters. The molecule has 0 radical (unpaired) electrons. The molecule has 2 N–H and O–H groups in total. The summed E-state index contributed by atoms with van der Waals surface area (Å²) in [4.78, 5) is 8.64. The van der Waals surface area contributed by atoms with Crippen LogP contribution in [-0.2, 0) is 13.0 Å². The standard InChI is InChI=1S/C13H21ClN4/c1-4-13(2,3)8-16-11-9-7-15-6-5-10(9)17-12(14)18-11/h15H,4-8H2,1-3H3,(H,16,17,18). The van der Waals surface area contributed by atoms with Crippen molar-refractivity contribution in [2.24, 2.45) is 5.41 Å².